The van der Waals surface area contributed by atoms with Gasteiger partial charge in [0.15, 0.2) is 6.10 Å². The van der Waals surface area contributed by atoms with Crippen LogP contribution in [0.15, 0.2) is 10.2 Å². The van der Waals surface area contributed by atoms with Gasteiger partial charge in [-0.2, -0.15) is 0 Å². The monoisotopic (exact) mass is 315 g/mol. The number of imide groups is 1. The first-order valence-corrected chi connectivity index (χ1v) is 7.05. The number of nitrogens with zero attached hydrogens (tertiary/aromatic N) is 1. The number of urea groups is 1. The number of esters is 1. The second kappa shape index (κ2) is 7.02. The number of primary amides is 1. The Hall–Kier alpha value is -2.16. The minimum atomic E-state index is -1.15. The first kappa shape index (κ1) is 16.9. The van der Waals surface area contributed by atoms with Crippen LogP contribution in [0, 0.1) is 12.8 Å². The van der Waals surface area contributed by atoms with Gasteiger partial charge < -0.3 is 10.5 Å². The molecule has 0 spiro atoms. The first-order valence-electron chi connectivity index (χ1n) is 6.17. The molecule has 0 unspecified atom stereocenters. The number of carbonyl (C=O) groups excluding carboxylic acids is 3. The molecule has 1 aromatic heterocycles. The van der Waals surface area contributed by atoms with Crippen LogP contribution in [0.25, 0.3) is 0 Å². The van der Waals surface area contributed by atoms with Crippen molar-refractivity contribution in [2.75, 3.05) is 0 Å². The number of nitrogens with two attached hydrogens (primary N) is 1. The third kappa shape index (κ3) is 4.71. The van der Waals surface area contributed by atoms with E-state index in [1.54, 1.807) is 26.2 Å². The molecule has 9 heteroatoms. The Morgan fingerprint density at radius 3 is 2.48 bits per heavy atom. The van der Waals surface area contributed by atoms with E-state index in [2.05, 4.69) is 0 Å². The summed E-state index contributed by atoms with van der Waals surface area (Å²) in [4.78, 5) is 45.5. The quantitative estimate of drug-likeness (QED) is 0.740. The zero-order valence-corrected chi connectivity index (χ0v) is 12.7. The number of nitrogens with one attached hydrogen (secondary N) is 1. The van der Waals surface area contributed by atoms with Crippen LogP contribution in [0.5, 0.6) is 0 Å². The number of thiazole rings is 1. The van der Waals surface area contributed by atoms with Gasteiger partial charge in [-0.3, -0.25) is 24.3 Å². The molecule has 0 aliphatic rings. The molecule has 0 saturated heterocycles. The molecule has 1 atom stereocenters. The molecular weight excluding hydrogens is 298 g/mol. The van der Waals surface area contributed by atoms with Gasteiger partial charge in [-0.05, 0) is 12.8 Å². The summed E-state index contributed by atoms with van der Waals surface area (Å²) < 4.78 is 6.29. The van der Waals surface area contributed by atoms with Crippen molar-refractivity contribution < 1.29 is 19.1 Å². The van der Waals surface area contributed by atoms with Gasteiger partial charge in [-0.15, -0.1) is 0 Å². The summed E-state index contributed by atoms with van der Waals surface area (Å²) in [7, 11) is 0. The lowest BCUT2D eigenvalue weighted by molar-refractivity contribution is -0.158. The number of carbonyl (C=O) groups is 3. The molecule has 8 nitrogen and oxygen atoms in total. The maximum atomic E-state index is 11.8. The molecule has 0 radical (unpaired) electrons. The first-order chi connectivity index (χ1) is 9.72. The van der Waals surface area contributed by atoms with Crippen molar-refractivity contribution in [3.8, 4) is 0 Å². The standard InChI is InChI=1S/C12H17N3O5S/c1-6(2)9(10(17)14-11(13)18)20-8(16)4-15-7(3)5-21-12(15)19/h5-6,9H,4H2,1-3H3,(H3,13,14,17,18)/t9-/m1/s1. The fraction of sp³-hybridized carbons (Fsp3) is 0.500. The lowest BCUT2D eigenvalue weighted by Gasteiger charge is -2.20. The summed E-state index contributed by atoms with van der Waals surface area (Å²) in [6.45, 7) is 4.70. The second-order valence-corrected chi connectivity index (χ2v) is 5.56. The predicted molar refractivity (Wildman–Crippen MR) is 75.8 cm³/mol. The summed E-state index contributed by atoms with van der Waals surface area (Å²) in [6, 6.07) is -1.02. The Bertz CT molecular complexity index is 604. The largest absolute Gasteiger partial charge is 0.451 e. The molecule has 3 N–H and O–H groups in total. The fourth-order valence-corrected chi connectivity index (χ4v) is 2.32. The van der Waals surface area contributed by atoms with Gasteiger partial charge >= 0.3 is 16.9 Å². The molecule has 21 heavy (non-hydrogen) atoms. The maximum Gasteiger partial charge on any atom is 0.326 e. The Morgan fingerprint density at radius 2 is 2.05 bits per heavy atom. The van der Waals surface area contributed by atoms with Gasteiger partial charge in [0.1, 0.15) is 6.54 Å². The molecule has 1 rings (SSSR count). The van der Waals surface area contributed by atoms with Crippen LogP contribution in [0.2, 0.25) is 0 Å². The van der Waals surface area contributed by atoms with Crippen molar-refractivity contribution in [3.63, 3.8) is 0 Å². The van der Waals surface area contributed by atoms with E-state index in [-0.39, 0.29) is 17.3 Å². The van der Waals surface area contributed by atoms with Gasteiger partial charge in [0.25, 0.3) is 5.91 Å². The lowest BCUT2D eigenvalue weighted by atomic mass is 10.1. The summed E-state index contributed by atoms with van der Waals surface area (Å²) in [5.41, 5.74) is 5.49. The van der Waals surface area contributed by atoms with E-state index < -0.39 is 24.0 Å². The smallest absolute Gasteiger partial charge is 0.326 e. The number of aryl methyl sites for hydroxylation is 1. The number of hydrogen-bond acceptors (Lipinski definition) is 6. The number of aromatic nitrogens is 1. The molecule has 1 heterocycles. The topological polar surface area (TPSA) is 120 Å². The Labute approximate surface area is 124 Å². The molecule has 1 aromatic rings. The highest BCUT2D eigenvalue weighted by atomic mass is 32.1. The van der Waals surface area contributed by atoms with Crippen LogP contribution in [0.3, 0.4) is 0 Å². The van der Waals surface area contributed by atoms with Crippen LogP contribution in [-0.4, -0.2) is 28.6 Å². The van der Waals surface area contributed by atoms with E-state index in [1.165, 1.54) is 4.57 Å². The van der Waals surface area contributed by atoms with E-state index in [0.717, 1.165) is 11.3 Å². The van der Waals surface area contributed by atoms with E-state index in [9.17, 15) is 19.2 Å². The molecule has 0 fully saturated rings. The Kier molecular flexibility index (Phi) is 5.65. The molecule has 0 bridgehead atoms. The van der Waals surface area contributed by atoms with Crippen LogP contribution in [0.1, 0.15) is 19.5 Å². The number of hydrogen-bond donors (Lipinski definition) is 2. The van der Waals surface area contributed by atoms with Gasteiger partial charge in [0, 0.05) is 11.1 Å². The van der Waals surface area contributed by atoms with Gasteiger partial charge in [0.2, 0.25) is 0 Å². The average Bonchev–Trinajstić information content (AvgIpc) is 2.66. The van der Waals surface area contributed by atoms with E-state index in [0.29, 0.717) is 5.69 Å². The highest BCUT2D eigenvalue weighted by molar-refractivity contribution is 7.07. The minimum Gasteiger partial charge on any atom is -0.451 e. The SMILES string of the molecule is Cc1csc(=O)n1CC(=O)O[C@@H](C(=O)NC(N)=O)C(C)C. The van der Waals surface area contributed by atoms with E-state index in [4.69, 9.17) is 10.5 Å². The molecular formula is C12H17N3O5S. The fourth-order valence-electron chi connectivity index (χ4n) is 1.59. The summed E-state index contributed by atoms with van der Waals surface area (Å²) in [6.07, 6.45) is -1.15. The van der Waals surface area contributed by atoms with E-state index in [1.807, 2.05) is 5.32 Å². The minimum absolute atomic E-state index is 0.285. The van der Waals surface area contributed by atoms with Crippen molar-refractivity contribution in [2.45, 2.75) is 33.4 Å². The summed E-state index contributed by atoms with van der Waals surface area (Å²) >= 11 is 0.972. The van der Waals surface area contributed by atoms with E-state index >= 15 is 0 Å². The Morgan fingerprint density at radius 1 is 1.43 bits per heavy atom. The molecule has 0 aliphatic heterocycles. The van der Waals surface area contributed by atoms with Crippen molar-refractivity contribution in [2.24, 2.45) is 11.7 Å². The highest BCUT2D eigenvalue weighted by Gasteiger charge is 2.27. The normalized spacial score (nSPS) is 12.0. The maximum absolute atomic E-state index is 11.8. The predicted octanol–water partition coefficient (Wildman–Crippen LogP) is -0.0191. The highest BCUT2D eigenvalue weighted by Crippen LogP contribution is 2.08. The third-order valence-electron chi connectivity index (χ3n) is 2.63. The Balaban J connectivity index is 2.76. The zero-order valence-electron chi connectivity index (χ0n) is 11.9. The lowest BCUT2D eigenvalue weighted by Crippen LogP contribution is -2.46. The van der Waals surface area contributed by atoms with Gasteiger partial charge in [-0.1, -0.05) is 25.2 Å². The van der Waals surface area contributed by atoms with Crippen LogP contribution >= 0.6 is 11.3 Å². The van der Waals surface area contributed by atoms with Gasteiger partial charge in [0.05, 0.1) is 0 Å². The van der Waals surface area contributed by atoms with Crippen LogP contribution in [0.4, 0.5) is 4.79 Å². The van der Waals surface area contributed by atoms with Crippen molar-refractivity contribution >= 4 is 29.2 Å². The van der Waals surface area contributed by atoms with Crippen molar-refractivity contribution in [1.29, 1.82) is 0 Å². The van der Waals surface area contributed by atoms with Crippen LogP contribution < -0.4 is 15.9 Å². The number of ether oxygens (including phenoxy) is 1. The van der Waals surface area contributed by atoms with Gasteiger partial charge in [-0.25, -0.2) is 4.79 Å². The average molecular weight is 315 g/mol. The molecule has 0 aromatic carbocycles. The van der Waals surface area contributed by atoms with Crippen molar-refractivity contribution in [1.82, 2.24) is 9.88 Å². The molecule has 0 aliphatic carbocycles. The molecule has 116 valence electrons. The zero-order chi connectivity index (χ0) is 16.2. The second-order valence-electron chi connectivity index (χ2n) is 4.74. The summed E-state index contributed by atoms with van der Waals surface area (Å²) in [5, 5.41) is 3.49. The summed E-state index contributed by atoms with van der Waals surface area (Å²) in [5.74, 6) is -1.88. The third-order valence-corrected chi connectivity index (χ3v) is 3.51. The number of rotatable bonds is 5. The molecule has 0 saturated carbocycles. The van der Waals surface area contributed by atoms with Crippen LogP contribution in [-0.2, 0) is 20.9 Å². The van der Waals surface area contributed by atoms with Crippen molar-refractivity contribution in [3.05, 3.63) is 20.7 Å². The molecule has 3 amide bonds. The number of amides is 3.